The van der Waals surface area contributed by atoms with Crippen LogP contribution in [0.5, 0.6) is 11.5 Å². The Morgan fingerprint density at radius 1 is 1.36 bits per heavy atom. The summed E-state index contributed by atoms with van der Waals surface area (Å²) in [4.78, 5) is 12.1. The zero-order chi connectivity index (χ0) is 16.5. The number of amides is 1. The van der Waals surface area contributed by atoms with Crippen molar-refractivity contribution in [2.24, 2.45) is 5.92 Å². The minimum absolute atomic E-state index is 0.00878. The molecule has 0 fully saturated rings. The van der Waals surface area contributed by atoms with E-state index in [0.717, 1.165) is 0 Å². The molecule has 6 nitrogen and oxygen atoms in total. The van der Waals surface area contributed by atoms with Gasteiger partial charge in [0.05, 0.1) is 19.9 Å². The van der Waals surface area contributed by atoms with Gasteiger partial charge in [0, 0.05) is 18.8 Å². The molecule has 0 unspecified atom stereocenters. The Kier molecular flexibility index (Phi) is 6.77. The van der Waals surface area contributed by atoms with E-state index >= 15 is 0 Å². The standard InChI is InChI=1S/C16H21N3O3/c1-11(2)9-18-10-12(8-17)16(20)19-14-7-13(21-3)5-6-15(14)22-4/h5-7,10-11,18H,9H2,1-4H3,(H,19,20)/b12-10-. The summed E-state index contributed by atoms with van der Waals surface area (Å²) in [5.41, 5.74) is 0.433. The van der Waals surface area contributed by atoms with Crippen molar-refractivity contribution in [1.29, 1.82) is 5.26 Å². The Hall–Kier alpha value is -2.68. The molecule has 1 rings (SSSR count). The van der Waals surface area contributed by atoms with Crippen LogP contribution in [0, 0.1) is 17.2 Å². The number of ether oxygens (including phenoxy) is 2. The van der Waals surface area contributed by atoms with E-state index < -0.39 is 5.91 Å². The number of hydrogen-bond donors (Lipinski definition) is 2. The number of carbonyl (C=O) groups is 1. The molecule has 1 aromatic carbocycles. The van der Waals surface area contributed by atoms with Gasteiger partial charge in [-0.2, -0.15) is 5.26 Å². The van der Waals surface area contributed by atoms with Gasteiger partial charge < -0.3 is 20.1 Å². The normalized spacial score (nSPS) is 10.8. The molecule has 0 aromatic heterocycles. The molecule has 0 aliphatic rings. The molecule has 0 heterocycles. The highest BCUT2D eigenvalue weighted by molar-refractivity contribution is 6.07. The van der Waals surface area contributed by atoms with E-state index in [0.29, 0.717) is 29.6 Å². The lowest BCUT2D eigenvalue weighted by Crippen LogP contribution is -2.19. The summed E-state index contributed by atoms with van der Waals surface area (Å²) in [6.45, 7) is 4.75. The summed E-state index contributed by atoms with van der Waals surface area (Å²) in [5.74, 6) is 0.973. The van der Waals surface area contributed by atoms with E-state index in [4.69, 9.17) is 14.7 Å². The van der Waals surface area contributed by atoms with Crippen molar-refractivity contribution in [3.8, 4) is 17.6 Å². The van der Waals surface area contributed by atoms with Crippen LogP contribution < -0.4 is 20.1 Å². The summed E-state index contributed by atoms with van der Waals surface area (Å²) in [6.07, 6.45) is 1.42. The lowest BCUT2D eigenvalue weighted by atomic mass is 10.2. The number of benzene rings is 1. The van der Waals surface area contributed by atoms with E-state index in [1.54, 1.807) is 18.2 Å². The second-order valence-corrected chi connectivity index (χ2v) is 4.99. The van der Waals surface area contributed by atoms with Crippen molar-refractivity contribution in [1.82, 2.24) is 5.32 Å². The largest absolute Gasteiger partial charge is 0.497 e. The first-order valence-electron chi connectivity index (χ1n) is 6.88. The van der Waals surface area contributed by atoms with E-state index in [-0.39, 0.29) is 5.57 Å². The third-order valence-corrected chi connectivity index (χ3v) is 2.79. The topological polar surface area (TPSA) is 83.4 Å². The molecule has 0 saturated carbocycles. The zero-order valence-corrected chi connectivity index (χ0v) is 13.3. The van der Waals surface area contributed by atoms with Crippen molar-refractivity contribution in [3.63, 3.8) is 0 Å². The van der Waals surface area contributed by atoms with Crippen LogP contribution in [0.4, 0.5) is 5.69 Å². The van der Waals surface area contributed by atoms with Crippen molar-refractivity contribution in [2.45, 2.75) is 13.8 Å². The van der Waals surface area contributed by atoms with Crippen LogP contribution in [0.3, 0.4) is 0 Å². The Bertz CT molecular complexity index is 589. The fourth-order valence-electron chi connectivity index (χ4n) is 1.65. The molecular weight excluding hydrogens is 282 g/mol. The first kappa shape index (κ1) is 17.4. The van der Waals surface area contributed by atoms with E-state index in [1.807, 2.05) is 19.9 Å². The monoisotopic (exact) mass is 303 g/mol. The van der Waals surface area contributed by atoms with E-state index in [1.165, 1.54) is 20.4 Å². The van der Waals surface area contributed by atoms with Gasteiger partial charge in [-0.15, -0.1) is 0 Å². The van der Waals surface area contributed by atoms with Gasteiger partial charge in [0.1, 0.15) is 23.1 Å². The van der Waals surface area contributed by atoms with Crippen LogP contribution in [0.25, 0.3) is 0 Å². The summed E-state index contributed by atoms with van der Waals surface area (Å²) in [5, 5.41) is 14.7. The second-order valence-electron chi connectivity index (χ2n) is 4.99. The minimum atomic E-state index is -0.509. The molecule has 0 bridgehead atoms. The molecule has 0 saturated heterocycles. The quantitative estimate of drug-likeness (QED) is 0.596. The molecule has 1 amide bonds. The van der Waals surface area contributed by atoms with Gasteiger partial charge in [-0.05, 0) is 18.1 Å². The second kappa shape index (κ2) is 8.57. The Labute approximate surface area is 130 Å². The van der Waals surface area contributed by atoms with Crippen LogP contribution in [0.1, 0.15) is 13.8 Å². The van der Waals surface area contributed by atoms with Crippen LogP contribution in [-0.2, 0) is 4.79 Å². The molecular formula is C16H21N3O3. The lowest BCUT2D eigenvalue weighted by molar-refractivity contribution is -0.112. The third kappa shape index (κ3) is 5.02. The van der Waals surface area contributed by atoms with Crippen LogP contribution in [0.2, 0.25) is 0 Å². The van der Waals surface area contributed by atoms with Gasteiger partial charge in [0.15, 0.2) is 0 Å². The highest BCUT2D eigenvalue weighted by Gasteiger charge is 2.13. The smallest absolute Gasteiger partial charge is 0.267 e. The number of nitrogens with zero attached hydrogens (tertiary/aromatic N) is 1. The molecule has 0 aliphatic carbocycles. The summed E-state index contributed by atoms with van der Waals surface area (Å²) in [6, 6.07) is 6.91. The predicted octanol–water partition coefficient (Wildman–Crippen LogP) is 2.30. The number of anilines is 1. The van der Waals surface area contributed by atoms with Gasteiger partial charge in [0.25, 0.3) is 5.91 Å². The fraction of sp³-hybridized carbons (Fsp3) is 0.375. The maximum Gasteiger partial charge on any atom is 0.267 e. The summed E-state index contributed by atoms with van der Waals surface area (Å²) in [7, 11) is 3.03. The fourth-order valence-corrected chi connectivity index (χ4v) is 1.65. The average Bonchev–Trinajstić information content (AvgIpc) is 2.51. The van der Waals surface area contributed by atoms with Crippen LogP contribution in [0.15, 0.2) is 30.0 Å². The number of carbonyl (C=O) groups excluding carboxylic acids is 1. The SMILES string of the molecule is COc1ccc(OC)c(NC(=O)/C(C#N)=C\NCC(C)C)c1. The predicted molar refractivity (Wildman–Crippen MR) is 84.7 cm³/mol. The van der Waals surface area contributed by atoms with Gasteiger partial charge in [-0.3, -0.25) is 4.79 Å². The number of rotatable bonds is 7. The Morgan fingerprint density at radius 2 is 2.09 bits per heavy atom. The highest BCUT2D eigenvalue weighted by Crippen LogP contribution is 2.29. The minimum Gasteiger partial charge on any atom is -0.497 e. The molecule has 0 atom stereocenters. The first-order chi connectivity index (χ1) is 10.5. The third-order valence-electron chi connectivity index (χ3n) is 2.79. The zero-order valence-electron chi connectivity index (χ0n) is 13.3. The molecule has 1 aromatic rings. The number of nitriles is 1. The molecule has 0 spiro atoms. The van der Waals surface area contributed by atoms with Crippen LogP contribution >= 0.6 is 0 Å². The average molecular weight is 303 g/mol. The molecule has 2 N–H and O–H groups in total. The summed E-state index contributed by atoms with van der Waals surface area (Å²) >= 11 is 0. The Balaban J connectivity index is 2.88. The van der Waals surface area contributed by atoms with Gasteiger partial charge in [-0.1, -0.05) is 13.8 Å². The van der Waals surface area contributed by atoms with E-state index in [2.05, 4.69) is 10.6 Å². The van der Waals surface area contributed by atoms with Crippen molar-refractivity contribution in [3.05, 3.63) is 30.0 Å². The van der Waals surface area contributed by atoms with E-state index in [9.17, 15) is 4.79 Å². The van der Waals surface area contributed by atoms with Gasteiger partial charge in [-0.25, -0.2) is 0 Å². The molecule has 0 aliphatic heterocycles. The van der Waals surface area contributed by atoms with Crippen molar-refractivity contribution >= 4 is 11.6 Å². The maximum atomic E-state index is 12.1. The van der Waals surface area contributed by atoms with Crippen LogP contribution in [-0.4, -0.2) is 26.7 Å². The Morgan fingerprint density at radius 3 is 2.64 bits per heavy atom. The highest BCUT2D eigenvalue weighted by atomic mass is 16.5. The number of hydrogen-bond acceptors (Lipinski definition) is 5. The number of nitrogens with one attached hydrogen (secondary N) is 2. The van der Waals surface area contributed by atoms with Gasteiger partial charge in [0.2, 0.25) is 0 Å². The lowest BCUT2D eigenvalue weighted by Gasteiger charge is -2.11. The summed E-state index contributed by atoms with van der Waals surface area (Å²) < 4.78 is 10.3. The van der Waals surface area contributed by atoms with Gasteiger partial charge >= 0.3 is 0 Å². The van der Waals surface area contributed by atoms with Crippen molar-refractivity contribution in [2.75, 3.05) is 26.1 Å². The van der Waals surface area contributed by atoms with Crippen molar-refractivity contribution < 1.29 is 14.3 Å². The molecule has 0 radical (unpaired) electrons. The maximum absolute atomic E-state index is 12.1. The first-order valence-corrected chi connectivity index (χ1v) is 6.88. The molecule has 6 heteroatoms. The number of methoxy groups -OCH3 is 2. The molecule has 22 heavy (non-hydrogen) atoms. The molecule has 118 valence electrons.